The van der Waals surface area contributed by atoms with Crippen LogP contribution in [0.2, 0.25) is 0 Å². The molecule has 1 aliphatic heterocycles. The van der Waals surface area contributed by atoms with Gasteiger partial charge in [-0.15, -0.1) is 0 Å². The number of hydrogen-bond acceptors (Lipinski definition) is 4. The van der Waals surface area contributed by atoms with Crippen molar-refractivity contribution >= 4 is 27.3 Å². The van der Waals surface area contributed by atoms with E-state index in [1.165, 1.54) is 11.9 Å². The number of sulfonamides is 1. The van der Waals surface area contributed by atoms with Gasteiger partial charge in [-0.3, -0.25) is 9.52 Å². The van der Waals surface area contributed by atoms with Gasteiger partial charge in [-0.1, -0.05) is 42.0 Å². The van der Waals surface area contributed by atoms with Gasteiger partial charge in [0.1, 0.15) is 0 Å². The van der Waals surface area contributed by atoms with Crippen LogP contribution in [0.3, 0.4) is 0 Å². The zero-order chi connectivity index (χ0) is 19.6. The molecule has 0 fully saturated rings. The predicted octanol–water partition coefficient (Wildman–Crippen LogP) is 3.45. The van der Waals surface area contributed by atoms with E-state index in [1.807, 2.05) is 43.3 Å². The Morgan fingerprint density at radius 2 is 1.78 bits per heavy atom. The number of amides is 1. The highest BCUT2D eigenvalue weighted by molar-refractivity contribution is 7.92. The molecule has 0 spiro atoms. The SMILES string of the molecule is CCS(=O)(=O)Nc1ccc(C2=NN(C(C)=O)[C@@H](c3ccc(C)cc3)C2)cc1. The summed E-state index contributed by atoms with van der Waals surface area (Å²) in [5.74, 6) is -0.0873. The Morgan fingerprint density at radius 3 is 2.33 bits per heavy atom. The summed E-state index contributed by atoms with van der Waals surface area (Å²) in [5.41, 5.74) is 4.40. The van der Waals surface area contributed by atoms with Gasteiger partial charge in [-0.25, -0.2) is 13.4 Å². The zero-order valence-electron chi connectivity index (χ0n) is 15.6. The number of nitrogens with one attached hydrogen (secondary N) is 1. The second-order valence-corrected chi connectivity index (χ2v) is 8.63. The molecule has 0 aromatic heterocycles. The minimum atomic E-state index is -3.31. The molecule has 6 nitrogen and oxygen atoms in total. The van der Waals surface area contributed by atoms with Crippen molar-refractivity contribution in [3.05, 3.63) is 65.2 Å². The molecule has 142 valence electrons. The molecule has 1 heterocycles. The number of benzene rings is 2. The Kier molecular flexibility index (Phi) is 5.32. The Labute approximate surface area is 159 Å². The lowest BCUT2D eigenvalue weighted by molar-refractivity contribution is -0.130. The molecule has 1 atom stereocenters. The summed E-state index contributed by atoms with van der Waals surface area (Å²) >= 11 is 0. The summed E-state index contributed by atoms with van der Waals surface area (Å²) in [6, 6.07) is 15.0. The number of carbonyl (C=O) groups excluding carboxylic acids is 1. The standard InChI is InChI=1S/C20H23N3O3S/c1-4-27(25,26)22-18-11-9-16(10-12-18)19-13-20(23(21-19)15(3)24)17-7-5-14(2)6-8-17/h5-12,20,22H,4,13H2,1-3H3/t20-/m1/s1. The van der Waals surface area contributed by atoms with Crippen molar-refractivity contribution in [2.24, 2.45) is 5.10 Å². The van der Waals surface area contributed by atoms with Crippen LogP contribution in [0, 0.1) is 6.92 Å². The highest BCUT2D eigenvalue weighted by Gasteiger charge is 2.31. The van der Waals surface area contributed by atoms with Gasteiger partial charge >= 0.3 is 0 Å². The smallest absolute Gasteiger partial charge is 0.240 e. The van der Waals surface area contributed by atoms with Gasteiger partial charge in [0, 0.05) is 19.0 Å². The summed E-state index contributed by atoms with van der Waals surface area (Å²) in [5, 5.41) is 6.04. The van der Waals surface area contributed by atoms with Gasteiger partial charge in [-0.05, 0) is 37.1 Å². The number of anilines is 1. The fourth-order valence-corrected chi connectivity index (χ4v) is 3.65. The zero-order valence-corrected chi connectivity index (χ0v) is 16.5. The van der Waals surface area contributed by atoms with Crippen LogP contribution in [0.4, 0.5) is 5.69 Å². The second kappa shape index (κ2) is 7.52. The average molecular weight is 385 g/mol. The van der Waals surface area contributed by atoms with Gasteiger partial charge in [0.05, 0.1) is 17.5 Å². The van der Waals surface area contributed by atoms with Crippen LogP contribution in [-0.2, 0) is 14.8 Å². The number of carbonyl (C=O) groups is 1. The van der Waals surface area contributed by atoms with E-state index in [0.717, 1.165) is 22.4 Å². The van der Waals surface area contributed by atoms with E-state index in [4.69, 9.17) is 0 Å². The maximum Gasteiger partial charge on any atom is 0.240 e. The number of rotatable bonds is 5. The second-order valence-electron chi connectivity index (χ2n) is 6.62. The largest absolute Gasteiger partial charge is 0.284 e. The van der Waals surface area contributed by atoms with E-state index in [9.17, 15) is 13.2 Å². The first kappa shape index (κ1) is 19.1. The summed E-state index contributed by atoms with van der Waals surface area (Å²) in [4.78, 5) is 12.1. The van der Waals surface area contributed by atoms with E-state index in [1.54, 1.807) is 19.1 Å². The Morgan fingerprint density at radius 1 is 1.15 bits per heavy atom. The minimum absolute atomic E-state index is 0.0211. The average Bonchev–Trinajstić information content (AvgIpc) is 3.08. The van der Waals surface area contributed by atoms with Gasteiger partial charge in [0.25, 0.3) is 0 Å². The van der Waals surface area contributed by atoms with E-state index in [-0.39, 0.29) is 17.7 Å². The van der Waals surface area contributed by atoms with Crippen LogP contribution in [0.15, 0.2) is 53.6 Å². The van der Waals surface area contributed by atoms with Gasteiger partial charge in [0.15, 0.2) is 0 Å². The van der Waals surface area contributed by atoms with Crippen LogP contribution in [0.1, 0.15) is 43.0 Å². The van der Waals surface area contributed by atoms with Crippen LogP contribution < -0.4 is 4.72 Å². The molecule has 0 saturated heterocycles. The molecular weight excluding hydrogens is 362 g/mol. The lowest BCUT2D eigenvalue weighted by Crippen LogP contribution is -2.24. The van der Waals surface area contributed by atoms with Gasteiger partial charge in [0.2, 0.25) is 15.9 Å². The summed E-state index contributed by atoms with van der Waals surface area (Å²) in [6.45, 7) is 5.12. The van der Waals surface area contributed by atoms with Gasteiger partial charge in [-0.2, -0.15) is 5.10 Å². The van der Waals surface area contributed by atoms with Crippen molar-refractivity contribution in [1.29, 1.82) is 0 Å². The Balaban J connectivity index is 1.83. The molecule has 1 aliphatic rings. The highest BCUT2D eigenvalue weighted by Crippen LogP contribution is 2.33. The fraction of sp³-hybridized carbons (Fsp3) is 0.300. The predicted molar refractivity (Wildman–Crippen MR) is 107 cm³/mol. The maximum absolute atomic E-state index is 12.1. The molecule has 1 N–H and O–H groups in total. The molecule has 0 bridgehead atoms. The topological polar surface area (TPSA) is 78.8 Å². The third kappa shape index (κ3) is 4.36. The number of hydrogen-bond donors (Lipinski definition) is 1. The maximum atomic E-state index is 12.1. The van der Waals surface area contributed by atoms with E-state index < -0.39 is 10.0 Å². The van der Waals surface area contributed by atoms with E-state index in [0.29, 0.717) is 12.1 Å². The van der Waals surface area contributed by atoms with Crippen LogP contribution in [0.25, 0.3) is 0 Å². The number of aryl methyl sites for hydroxylation is 1. The highest BCUT2D eigenvalue weighted by atomic mass is 32.2. The normalized spacial score (nSPS) is 16.9. The van der Waals surface area contributed by atoms with Crippen LogP contribution in [-0.4, -0.2) is 30.8 Å². The van der Waals surface area contributed by atoms with E-state index >= 15 is 0 Å². The Hall–Kier alpha value is -2.67. The third-order valence-electron chi connectivity index (χ3n) is 4.57. The first-order valence-electron chi connectivity index (χ1n) is 8.84. The quantitative estimate of drug-likeness (QED) is 0.856. The lowest BCUT2D eigenvalue weighted by atomic mass is 9.97. The van der Waals surface area contributed by atoms with Crippen molar-refractivity contribution in [2.45, 2.75) is 33.2 Å². The molecule has 27 heavy (non-hydrogen) atoms. The fourth-order valence-electron chi connectivity index (χ4n) is 3.01. The Bertz CT molecular complexity index is 965. The molecule has 0 radical (unpaired) electrons. The van der Waals surface area contributed by atoms with Crippen molar-refractivity contribution in [1.82, 2.24) is 5.01 Å². The van der Waals surface area contributed by atoms with Crippen molar-refractivity contribution in [2.75, 3.05) is 10.5 Å². The monoisotopic (exact) mass is 385 g/mol. The van der Waals surface area contributed by atoms with Crippen molar-refractivity contribution in [3.8, 4) is 0 Å². The molecular formula is C20H23N3O3S. The summed E-state index contributed by atoms with van der Waals surface area (Å²) in [6.07, 6.45) is 0.614. The van der Waals surface area contributed by atoms with Crippen molar-refractivity contribution in [3.63, 3.8) is 0 Å². The van der Waals surface area contributed by atoms with E-state index in [2.05, 4.69) is 9.82 Å². The molecule has 2 aromatic carbocycles. The molecule has 0 aliphatic carbocycles. The molecule has 1 amide bonds. The lowest BCUT2D eigenvalue weighted by Gasteiger charge is -2.20. The first-order chi connectivity index (χ1) is 12.8. The molecule has 0 unspecified atom stereocenters. The van der Waals surface area contributed by atoms with Gasteiger partial charge < -0.3 is 0 Å². The first-order valence-corrected chi connectivity index (χ1v) is 10.5. The van der Waals surface area contributed by atoms with Crippen molar-refractivity contribution < 1.29 is 13.2 Å². The third-order valence-corrected chi connectivity index (χ3v) is 5.87. The number of hydrazone groups is 1. The summed E-state index contributed by atoms with van der Waals surface area (Å²) < 4.78 is 25.9. The molecule has 3 rings (SSSR count). The molecule has 0 saturated carbocycles. The summed E-state index contributed by atoms with van der Waals surface area (Å²) in [7, 11) is -3.31. The molecule has 7 heteroatoms. The minimum Gasteiger partial charge on any atom is -0.284 e. The number of nitrogens with zero attached hydrogens (tertiary/aromatic N) is 2. The van der Waals surface area contributed by atoms with Crippen LogP contribution in [0.5, 0.6) is 0 Å². The molecule has 2 aromatic rings. The van der Waals surface area contributed by atoms with Crippen LogP contribution >= 0.6 is 0 Å².